The summed E-state index contributed by atoms with van der Waals surface area (Å²) in [4.78, 5) is 12.8. The van der Waals surface area contributed by atoms with E-state index in [0.29, 0.717) is 11.6 Å². The molecule has 1 aromatic heterocycles. The lowest BCUT2D eigenvalue weighted by Gasteiger charge is -2.06. The summed E-state index contributed by atoms with van der Waals surface area (Å²) in [6.45, 7) is 2.31. The topological polar surface area (TPSA) is 83.6 Å². The van der Waals surface area contributed by atoms with Gasteiger partial charge in [0.25, 0.3) is 0 Å². The van der Waals surface area contributed by atoms with E-state index in [1.54, 1.807) is 0 Å². The van der Waals surface area contributed by atoms with Crippen molar-refractivity contribution in [2.75, 3.05) is 5.75 Å². The molecular formula is C11H12BrN5OS. The lowest BCUT2D eigenvalue weighted by atomic mass is 10.2. The second kappa shape index (κ2) is 6.67. The minimum absolute atomic E-state index is 0.0582. The molecule has 6 nitrogen and oxygen atoms in total. The highest BCUT2D eigenvalue weighted by Gasteiger charge is 2.06. The standard InChI is InChI=1S/C11H12BrN5OS/c1-7-4-8(12)2-3-9(7)19-6-11(18)13-5-10-14-16-17-15-10/h2-4H,5-6H2,1H3,(H,13,18)(H,14,15,16,17). The number of carbonyl (C=O) groups is 1. The quantitative estimate of drug-likeness (QED) is 0.808. The highest BCUT2D eigenvalue weighted by molar-refractivity contribution is 9.10. The molecular weight excluding hydrogens is 330 g/mol. The van der Waals surface area contributed by atoms with Crippen LogP contribution in [0.25, 0.3) is 0 Å². The van der Waals surface area contributed by atoms with Crippen molar-refractivity contribution in [3.8, 4) is 0 Å². The van der Waals surface area contributed by atoms with Crippen LogP contribution >= 0.6 is 27.7 Å². The maximum absolute atomic E-state index is 11.7. The van der Waals surface area contributed by atoms with Crippen molar-refractivity contribution in [1.82, 2.24) is 25.9 Å². The Kier molecular flexibility index (Phi) is 4.92. The average molecular weight is 342 g/mol. The first-order valence-electron chi connectivity index (χ1n) is 5.53. The molecule has 0 atom stereocenters. The number of H-pyrrole nitrogens is 1. The molecule has 0 saturated heterocycles. The summed E-state index contributed by atoms with van der Waals surface area (Å²) in [5, 5.41) is 16.0. The largest absolute Gasteiger partial charge is 0.348 e. The first-order chi connectivity index (χ1) is 9.15. The normalized spacial score (nSPS) is 10.4. The summed E-state index contributed by atoms with van der Waals surface area (Å²) in [5.74, 6) is 0.774. The number of aromatic nitrogens is 4. The van der Waals surface area contributed by atoms with Gasteiger partial charge in [-0.05, 0) is 30.7 Å². The van der Waals surface area contributed by atoms with Gasteiger partial charge in [0.2, 0.25) is 5.91 Å². The van der Waals surface area contributed by atoms with Crippen LogP contribution in [0.5, 0.6) is 0 Å². The summed E-state index contributed by atoms with van der Waals surface area (Å²) in [7, 11) is 0. The minimum Gasteiger partial charge on any atom is -0.348 e. The van der Waals surface area contributed by atoms with Gasteiger partial charge in [-0.25, -0.2) is 0 Å². The Balaban J connectivity index is 1.80. The van der Waals surface area contributed by atoms with Crippen LogP contribution < -0.4 is 5.32 Å². The molecule has 19 heavy (non-hydrogen) atoms. The zero-order chi connectivity index (χ0) is 13.7. The van der Waals surface area contributed by atoms with Crippen molar-refractivity contribution in [3.63, 3.8) is 0 Å². The van der Waals surface area contributed by atoms with Crippen molar-refractivity contribution < 1.29 is 4.79 Å². The molecule has 0 aliphatic heterocycles. The number of amides is 1. The molecule has 8 heteroatoms. The van der Waals surface area contributed by atoms with E-state index in [1.165, 1.54) is 11.8 Å². The molecule has 100 valence electrons. The number of tetrazole rings is 1. The Bertz CT molecular complexity index is 560. The third-order valence-electron chi connectivity index (χ3n) is 2.33. The Morgan fingerprint density at radius 2 is 2.37 bits per heavy atom. The second-order valence-electron chi connectivity index (χ2n) is 3.80. The zero-order valence-corrected chi connectivity index (χ0v) is 12.6. The summed E-state index contributed by atoms with van der Waals surface area (Å²) in [6, 6.07) is 5.99. The predicted molar refractivity (Wildman–Crippen MR) is 75.6 cm³/mol. The van der Waals surface area contributed by atoms with Crippen LogP contribution in [-0.4, -0.2) is 32.3 Å². The molecule has 0 saturated carbocycles. The summed E-state index contributed by atoms with van der Waals surface area (Å²) in [6.07, 6.45) is 0. The number of nitrogens with one attached hydrogen (secondary N) is 2. The van der Waals surface area contributed by atoms with Gasteiger partial charge in [0.15, 0.2) is 5.82 Å². The number of rotatable bonds is 5. The molecule has 0 bridgehead atoms. The maximum Gasteiger partial charge on any atom is 0.230 e. The van der Waals surface area contributed by atoms with Crippen LogP contribution in [0.1, 0.15) is 11.4 Å². The smallest absolute Gasteiger partial charge is 0.230 e. The molecule has 0 unspecified atom stereocenters. The van der Waals surface area contributed by atoms with E-state index < -0.39 is 0 Å². The fourth-order valence-corrected chi connectivity index (χ4v) is 2.72. The lowest BCUT2D eigenvalue weighted by molar-refractivity contribution is -0.118. The van der Waals surface area contributed by atoms with E-state index in [1.807, 2.05) is 25.1 Å². The first-order valence-corrected chi connectivity index (χ1v) is 7.31. The van der Waals surface area contributed by atoms with Crippen LogP contribution in [0.2, 0.25) is 0 Å². The fraction of sp³-hybridized carbons (Fsp3) is 0.273. The molecule has 0 aliphatic carbocycles. The van der Waals surface area contributed by atoms with E-state index in [2.05, 4.69) is 41.9 Å². The lowest BCUT2D eigenvalue weighted by Crippen LogP contribution is -2.25. The molecule has 0 fully saturated rings. The molecule has 0 spiro atoms. The number of hydrogen-bond donors (Lipinski definition) is 2. The van der Waals surface area contributed by atoms with Crippen molar-refractivity contribution in [2.24, 2.45) is 0 Å². The summed E-state index contributed by atoms with van der Waals surface area (Å²) in [5.41, 5.74) is 1.14. The van der Waals surface area contributed by atoms with Crippen molar-refractivity contribution >= 4 is 33.6 Å². The molecule has 1 amide bonds. The molecule has 2 aromatic rings. The van der Waals surface area contributed by atoms with E-state index in [-0.39, 0.29) is 12.5 Å². The number of hydrogen-bond acceptors (Lipinski definition) is 5. The van der Waals surface area contributed by atoms with Crippen LogP contribution in [0.3, 0.4) is 0 Å². The molecule has 0 aliphatic rings. The number of carbonyl (C=O) groups excluding carboxylic acids is 1. The Morgan fingerprint density at radius 3 is 3.05 bits per heavy atom. The number of nitrogens with zero attached hydrogens (tertiary/aromatic N) is 3. The van der Waals surface area contributed by atoms with Crippen molar-refractivity contribution in [2.45, 2.75) is 18.4 Å². The van der Waals surface area contributed by atoms with Gasteiger partial charge < -0.3 is 5.32 Å². The molecule has 0 radical (unpaired) electrons. The van der Waals surface area contributed by atoms with Crippen LogP contribution in [0.15, 0.2) is 27.6 Å². The van der Waals surface area contributed by atoms with Crippen LogP contribution in [0.4, 0.5) is 0 Å². The predicted octanol–water partition coefficient (Wildman–Crippen LogP) is 1.68. The number of thioether (sulfide) groups is 1. The minimum atomic E-state index is -0.0582. The van der Waals surface area contributed by atoms with Gasteiger partial charge in [0.1, 0.15) is 0 Å². The highest BCUT2D eigenvalue weighted by atomic mass is 79.9. The maximum atomic E-state index is 11.7. The van der Waals surface area contributed by atoms with Gasteiger partial charge in [-0.3, -0.25) is 4.79 Å². The Labute approximate surface area is 122 Å². The van der Waals surface area contributed by atoms with Gasteiger partial charge in [-0.2, -0.15) is 5.21 Å². The molecule has 2 N–H and O–H groups in total. The van der Waals surface area contributed by atoms with Gasteiger partial charge in [-0.1, -0.05) is 21.1 Å². The van der Waals surface area contributed by atoms with Gasteiger partial charge >= 0.3 is 0 Å². The molecule has 1 aromatic carbocycles. The van der Waals surface area contributed by atoms with Crippen molar-refractivity contribution in [3.05, 3.63) is 34.1 Å². The van der Waals surface area contributed by atoms with Crippen LogP contribution in [0, 0.1) is 6.92 Å². The number of benzene rings is 1. The third-order valence-corrected chi connectivity index (χ3v) is 4.00. The Hall–Kier alpha value is -1.41. The van der Waals surface area contributed by atoms with Gasteiger partial charge in [0, 0.05) is 9.37 Å². The fourth-order valence-electron chi connectivity index (χ4n) is 1.40. The van der Waals surface area contributed by atoms with E-state index in [0.717, 1.165) is 14.9 Å². The number of halogens is 1. The third kappa shape index (κ3) is 4.32. The zero-order valence-electron chi connectivity index (χ0n) is 10.2. The van der Waals surface area contributed by atoms with Crippen LogP contribution in [-0.2, 0) is 11.3 Å². The molecule has 2 rings (SSSR count). The SMILES string of the molecule is Cc1cc(Br)ccc1SCC(=O)NCc1nn[nH]n1. The second-order valence-corrected chi connectivity index (χ2v) is 5.74. The number of aromatic amines is 1. The first kappa shape index (κ1) is 14.0. The summed E-state index contributed by atoms with van der Waals surface area (Å²) >= 11 is 4.92. The van der Waals surface area contributed by atoms with E-state index in [9.17, 15) is 4.79 Å². The monoisotopic (exact) mass is 341 g/mol. The van der Waals surface area contributed by atoms with Gasteiger partial charge in [0.05, 0.1) is 12.3 Å². The summed E-state index contributed by atoms with van der Waals surface area (Å²) < 4.78 is 1.04. The average Bonchev–Trinajstić information content (AvgIpc) is 2.88. The molecule has 1 heterocycles. The Morgan fingerprint density at radius 1 is 1.53 bits per heavy atom. The van der Waals surface area contributed by atoms with E-state index in [4.69, 9.17) is 0 Å². The number of aryl methyl sites for hydroxylation is 1. The van der Waals surface area contributed by atoms with Crippen molar-refractivity contribution in [1.29, 1.82) is 0 Å². The van der Waals surface area contributed by atoms with E-state index >= 15 is 0 Å². The van der Waals surface area contributed by atoms with Gasteiger partial charge in [-0.15, -0.1) is 22.0 Å². The highest BCUT2D eigenvalue weighted by Crippen LogP contribution is 2.24.